The van der Waals surface area contributed by atoms with Crippen LogP contribution < -0.4 is 4.90 Å². The van der Waals surface area contributed by atoms with E-state index in [4.69, 9.17) is 0 Å². The first kappa shape index (κ1) is 17.1. The highest BCUT2D eigenvalue weighted by Gasteiger charge is 2.32. The molecule has 3 heterocycles. The number of para-hydroxylation sites is 1. The normalized spacial score (nSPS) is 16.2. The first-order valence-corrected chi connectivity index (χ1v) is 8.82. The van der Waals surface area contributed by atoms with E-state index in [9.17, 15) is 15.2 Å². The maximum atomic E-state index is 12.1. The number of aromatic nitrogens is 2. The molecule has 0 radical (unpaired) electrons. The third-order valence-electron chi connectivity index (χ3n) is 5.04. The number of hydrogen-bond donors (Lipinski definition) is 2. The van der Waals surface area contributed by atoms with Gasteiger partial charge in [0.25, 0.3) is 0 Å². The summed E-state index contributed by atoms with van der Waals surface area (Å²) in [4.78, 5) is 23.6. The first-order valence-electron chi connectivity index (χ1n) is 8.82. The van der Waals surface area contributed by atoms with E-state index in [-0.39, 0.29) is 0 Å². The van der Waals surface area contributed by atoms with Gasteiger partial charge in [-0.2, -0.15) is 5.26 Å². The smallest absolute Gasteiger partial charge is 0.325 e. The van der Waals surface area contributed by atoms with E-state index in [0.717, 1.165) is 16.5 Å². The third-order valence-corrected chi connectivity index (χ3v) is 5.04. The van der Waals surface area contributed by atoms with Crippen molar-refractivity contribution < 1.29 is 9.90 Å². The molecule has 4 rings (SSSR count). The lowest BCUT2D eigenvalue weighted by atomic mass is 10.0. The van der Waals surface area contributed by atoms with Crippen molar-refractivity contribution in [2.75, 3.05) is 31.1 Å². The summed E-state index contributed by atoms with van der Waals surface area (Å²) in [6, 6.07) is 12.7. The molecule has 7 heteroatoms. The van der Waals surface area contributed by atoms with E-state index in [1.54, 1.807) is 24.5 Å². The first-order chi connectivity index (χ1) is 13.2. The van der Waals surface area contributed by atoms with E-state index in [1.807, 2.05) is 34.1 Å². The van der Waals surface area contributed by atoms with Gasteiger partial charge in [-0.25, -0.2) is 4.98 Å². The van der Waals surface area contributed by atoms with Gasteiger partial charge in [0.2, 0.25) is 0 Å². The minimum atomic E-state index is -0.858. The molecule has 2 N–H and O–H groups in total. The number of carboxylic acid groups (broad SMARTS) is 1. The molecule has 27 heavy (non-hydrogen) atoms. The maximum Gasteiger partial charge on any atom is 0.325 e. The number of carboxylic acids is 1. The molecule has 2 aromatic heterocycles. The summed E-state index contributed by atoms with van der Waals surface area (Å²) >= 11 is 0. The standard InChI is InChI=1S/C20H19N5O2/c21-12-14-4-3-7-22-19(14)25-10-8-24(9-11-25)18(20(26)27)16-13-23-17-6-2-1-5-15(16)17/h1-7,13,18,23H,8-11H2,(H,26,27). The van der Waals surface area contributed by atoms with Crippen LogP contribution >= 0.6 is 0 Å². The average Bonchev–Trinajstić information content (AvgIpc) is 3.12. The number of benzene rings is 1. The number of rotatable bonds is 4. The number of piperazine rings is 1. The summed E-state index contributed by atoms with van der Waals surface area (Å²) < 4.78 is 0. The molecule has 1 unspecified atom stereocenters. The van der Waals surface area contributed by atoms with E-state index in [0.29, 0.717) is 37.6 Å². The van der Waals surface area contributed by atoms with Gasteiger partial charge >= 0.3 is 5.97 Å². The number of fused-ring (bicyclic) bond motifs is 1. The van der Waals surface area contributed by atoms with Crippen molar-refractivity contribution in [3.63, 3.8) is 0 Å². The fourth-order valence-electron chi connectivity index (χ4n) is 3.73. The fourth-order valence-corrected chi connectivity index (χ4v) is 3.73. The summed E-state index contributed by atoms with van der Waals surface area (Å²) in [5.41, 5.74) is 2.25. The molecular formula is C20H19N5O2. The number of nitrogens with one attached hydrogen (secondary N) is 1. The van der Waals surface area contributed by atoms with Gasteiger partial charge in [-0.3, -0.25) is 9.69 Å². The minimum Gasteiger partial charge on any atom is -0.480 e. The lowest BCUT2D eigenvalue weighted by molar-refractivity contribution is -0.143. The number of nitriles is 1. The number of pyridine rings is 1. The monoisotopic (exact) mass is 361 g/mol. The Hall–Kier alpha value is -3.37. The van der Waals surface area contributed by atoms with Crippen LogP contribution in [0.25, 0.3) is 10.9 Å². The number of nitrogens with zero attached hydrogens (tertiary/aromatic N) is 4. The molecule has 1 aliphatic heterocycles. The Kier molecular flexibility index (Phi) is 4.48. The van der Waals surface area contributed by atoms with Crippen molar-refractivity contribution in [3.8, 4) is 6.07 Å². The molecule has 0 bridgehead atoms. The molecule has 1 aliphatic rings. The lowest BCUT2D eigenvalue weighted by Gasteiger charge is -2.38. The molecular weight excluding hydrogens is 342 g/mol. The molecule has 1 aromatic carbocycles. The van der Waals surface area contributed by atoms with Gasteiger partial charge in [0.15, 0.2) is 0 Å². The Labute approximate surface area is 156 Å². The van der Waals surface area contributed by atoms with Crippen molar-refractivity contribution in [2.45, 2.75) is 6.04 Å². The third kappa shape index (κ3) is 3.11. The molecule has 1 saturated heterocycles. The summed E-state index contributed by atoms with van der Waals surface area (Å²) in [5.74, 6) is -0.192. The second-order valence-corrected chi connectivity index (χ2v) is 6.54. The maximum absolute atomic E-state index is 12.1. The van der Waals surface area contributed by atoms with E-state index in [1.165, 1.54) is 0 Å². The summed E-state index contributed by atoms with van der Waals surface area (Å²) in [6.07, 6.45) is 3.47. The lowest BCUT2D eigenvalue weighted by Crippen LogP contribution is -2.49. The van der Waals surface area contributed by atoms with Crippen molar-refractivity contribution in [1.82, 2.24) is 14.9 Å². The van der Waals surface area contributed by atoms with Crippen LogP contribution in [-0.4, -0.2) is 52.1 Å². The highest BCUT2D eigenvalue weighted by molar-refractivity contribution is 5.89. The summed E-state index contributed by atoms with van der Waals surface area (Å²) in [7, 11) is 0. The van der Waals surface area contributed by atoms with Gasteiger partial charge in [0.05, 0.1) is 5.56 Å². The number of carbonyl (C=O) groups is 1. The van der Waals surface area contributed by atoms with Crippen LogP contribution in [0.3, 0.4) is 0 Å². The van der Waals surface area contributed by atoms with Crippen LogP contribution in [0, 0.1) is 11.3 Å². The van der Waals surface area contributed by atoms with Gasteiger partial charge in [0, 0.05) is 55.0 Å². The largest absolute Gasteiger partial charge is 0.480 e. The van der Waals surface area contributed by atoms with Gasteiger partial charge < -0.3 is 15.0 Å². The predicted molar refractivity (Wildman–Crippen MR) is 101 cm³/mol. The van der Waals surface area contributed by atoms with Gasteiger partial charge in [-0.1, -0.05) is 18.2 Å². The van der Waals surface area contributed by atoms with Crippen molar-refractivity contribution >= 4 is 22.7 Å². The molecule has 0 saturated carbocycles. The Morgan fingerprint density at radius 3 is 2.70 bits per heavy atom. The molecule has 3 aromatic rings. The number of aliphatic carboxylic acids is 1. The molecule has 7 nitrogen and oxygen atoms in total. The van der Waals surface area contributed by atoms with Crippen LogP contribution in [-0.2, 0) is 4.79 Å². The van der Waals surface area contributed by atoms with Crippen LogP contribution in [0.15, 0.2) is 48.8 Å². The van der Waals surface area contributed by atoms with E-state index >= 15 is 0 Å². The number of anilines is 1. The van der Waals surface area contributed by atoms with E-state index < -0.39 is 12.0 Å². The second kappa shape index (κ2) is 7.09. The van der Waals surface area contributed by atoms with Gasteiger partial charge in [-0.05, 0) is 18.2 Å². The van der Waals surface area contributed by atoms with E-state index in [2.05, 4.69) is 16.0 Å². The van der Waals surface area contributed by atoms with Gasteiger partial charge in [0.1, 0.15) is 17.9 Å². The fraction of sp³-hybridized carbons (Fsp3) is 0.250. The number of aromatic amines is 1. The SMILES string of the molecule is N#Cc1cccnc1N1CCN(C(C(=O)O)c2c[nH]c3ccccc23)CC1. The Morgan fingerprint density at radius 2 is 1.96 bits per heavy atom. The second-order valence-electron chi connectivity index (χ2n) is 6.54. The highest BCUT2D eigenvalue weighted by Crippen LogP contribution is 2.30. The zero-order valence-electron chi connectivity index (χ0n) is 14.7. The van der Waals surface area contributed by atoms with Crippen molar-refractivity contribution in [2.24, 2.45) is 0 Å². The number of hydrogen-bond acceptors (Lipinski definition) is 5. The van der Waals surface area contributed by atoms with Crippen molar-refractivity contribution in [3.05, 3.63) is 59.9 Å². The Morgan fingerprint density at radius 1 is 1.19 bits per heavy atom. The zero-order valence-corrected chi connectivity index (χ0v) is 14.7. The summed E-state index contributed by atoms with van der Waals surface area (Å²) in [6.45, 7) is 2.41. The molecule has 1 fully saturated rings. The molecule has 1 atom stereocenters. The molecule has 0 amide bonds. The quantitative estimate of drug-likeness (QED) is 0.741. The minimum absolute atomic E-state index is 0.539. The molecule has 0 spiro atoms. The number of H-pyrrole nitrogens is 1. The van der Waals surface area contributed by atoms with Crippen LogP contribution in [0.1, 0.15) is 17.2 Å². The Bertz CT molecular complexity index is 1010. The summed E-state index contributed by atoms with van der Waals surface area (Å²) in [5, 5.41) is 20.1. The van der Waals surface area contributed by atoms with Crippen LogP contribution in [0.5, 0.6) is 0 Å². The topological polar surface area (TPSA) is 96.2 Å². The van der Waals surface area contributed by atoms with Gasteiger partial charge in [-0.15, -0.1) is 0 Å². The average molecular weight is 361 g/mol. The Balaban J connectivity index is 1.57. The predicted octanol–water partition coefficient (Wildman–Crippen LogP) is 2.38. The zero-order chi connectivity index (χ0) is 18.8. The molecule has 0 aliphatic carbocycles. The van der Waals surface area contributed by atoms with Crippen LogP contribution in [0.2, 0.25) is 0 Å². The van der Waals surface area contributed by atoms with Crippen molar-refractivity contribution in [1.29, 1.82) is 5.26 Å². The molecule has 136 valence electrons. The van der Waals surface area contributed by atoms with Crippen LogP contribution in [0.4, 0.5) is 5.82 Å². The highest BCUT2D eigenvalue weighted by atomic mass is 16.4.